The molecule has 0 saturated carbocycles. The largest absolute Gasteiger partial charge is 0.465 e. The Morgan fingerprint density at radius 3 is 2.74 bits per heavy atom. The highest BCUT2D eigenvalue weighted by Gasteiger charge is 2.31. The molecule has 6 rings (SSSR count). The van der Waals surface area contributed by atoms with Gasteiger partial charge in [0.25, 0.3) is 0 Å². The lowest BCUT2D eigenvalue weighted by molar-refractivity contribution is -0.0394. The topological polar surface area (TPSA) is 125 Å². The van der Waals surface area contributed by atoms with E-state index in [9.17, 15) is 9.90 Å². The van der Waals surface area contributed by atoms with E-state index in [1.54, 1.807) is 0 Å². The van der Waals surface area contributed by atoms with E-state index in [1.165, 1.54) is 4.90 Å². The van der Waals surface area contributed by atoms with Crippen LogP contribution in [-0.4, -0.2) is 78.6 Å². The van der Waals surface area contributed by atoms with Gasteiger partial charge in [-0.1, -0.05) is 6.07 Å². The molecule has 11 nitrogen and oxygen atoms in total. The zero-order valence-corrected chi connectivity index (χ0v) is 21.6. The van der Waals surface area contributed by atoms with Gasteiger partial charge in [-0.05, 0) is 62.8 Å². The van der Waals surface area contributed by atoms with Gasteiger partial charge in [-0.2, -0.15) is 10.2 Å². The minimum Gasteiger partial charge on any atom is -0.465 e. The molecule has 2 aliphatic rings. The fraction of sp³-hybridized carbons (Fsp3) is 0.444. The minimum absolute atomic E-state index is 0.00328. The molecule has 3 aromatic heterocycles. The molecular formula is C27H32N8O3. The number of rotatable bonds is 5. The molecule has 0 aliphatic carbocycles. The van der Waals surface area contributed by atoms with E-state index in [2.05, 4.69) is 36.5 Å². The van der Waals surface area contributed by atoms with E-state index in [0.717, 1.165) is 77.8 Å². The highest BCUT2D eigenvalue weighted by Crippen LogP contribution is 2.35. The number of H-pyrrole nitrogens is 1. The number of anilines is 1. The second kappa shape index (κ2) is 10.1. The van der Waals surface area contributed by atoms with Crippen LogP contribution < -0.4 is 4.90 Å². The maximum Gasteiger partial charge on any atom is 0.407 e. The molecule has 0 spiro atoms. The minimum atomic E-state index is -0.856. The average molecular weight is 517 g/mol. The van der Waals surface area contributed by atoms with Gasteiger partial charge in [-0.15, -0.1) is 10.2 Å². The average Bonchev–Trinajstić information content (AvgIpc) is 3.63. The van der Waals surface area contributed by atoms with E-state index < -0.39 is 6.09 Å². The smallest absolute Gasteiger partial charge is 0.407 e. The summed E-state index contributed by atoms with van der Waals surface area (Å²) in [5.74, 6) is 0.768. The first-order valence-corrected chi connectivity index (χ1v) is 13.2. The lowest BCUT2D eigenvalue weighted by atomic mass is 9.97. The summed E-state index contributed by atoms with van der Waals surface area (Å²) in [5.41, 5.74) is 4.64. The number of fused-ring (bicyclic) bond motifs is 1. The Morgan fingerprint density at radius 1 is 1.13 bits per heavy atom. The quantitative estimate of drug-likeness (QED) is 0.396. The highest BCUT2D eigenvalue weighted by atomic mass is 16.5. The molecule has 0 radical (unpaired) electrons. The second-order valence-electron chi connectivity index (χ2n) is 10.2. The van der Waals surface area contributed by atoms with Crippen molar-refractivity contribution in [3.05, 3.63) is 42.9 Å². The molecule has 1 aromatic carbocycles. The van der Waals surface area contributed by atoms with Crippen molar-refractivity contribution in [3.63, 3.8) is 0 Å². The Balaban J connectivity index is 1.22. The molecule has 5 heterocycles. The zero-order valence-electron chi connectivity index (χ0n) is 21.6. The monoisotopic (exact) mass is 516 g/mol. The molecule has 1 amide bonds. The van der Waals surface area contributed by atoms with E-state index in [-0.39, 0.29) is 18.3 Å². The molecule has 2 fully saturated rings. The van der Waals surface area contributed by atoms with Gasteiger partial charge in [0.2, 0.25) is 0 Å². The number of carboxylic acid groups (broad SMARTS) is 1. The number of nitrogens with one attached hydrogen (secondary N) is 1. The van der Waals surface area contributed by atoms with Crippen LogP contribution in [0.4, 0.5) is 10.6 Å². The van der Waals surface area contributed by atoms with Gasteiger partial charge in [0.15, 0.2) is 5.82 Å². The van der Waals surface area contributed by atoms with Gasteiger partial charge in [-0.25, -0.2) is 9.48 Å². The maximum atomic E-state index is 11.4. The van der Waals surface area contributed by atoms with Crippen molar-refractivity contribution in [3.8, 4) is 22.4 Å². The first kappa shape index (κ1) is 24.4. The van der Waals surface area contributed by atoms with Gasteiger partial charge in [0.05, 0.1) is 23.6 Å². The Kier molecular flexibility index (Phi) is 6.44. The molecule has 11 heteroatoms. The van der Waals surface area contributed by atoms with Crippen LogP contribution in [0.2, 0.25) is 0 Å². The van der Waals surface area contributed by atoms with Crippen LogP contribution in [0.1, 0.15) is 45.3 Å². The number of nitrogens with zero attached hydrogens (tertiary/aromatic N) is 7. The van der Waals surface area contributed by atoms with Crippen LogP contribution in [0.5, 0.6) is 0 Å². The van der Waals surface area contributed by atoms with Gasteiger partial charge < -0.3 is 19.6 Å². The summed E-state index contributed by atoms with van der Waals surface area (Å²) in [6.07, 6.45) is 9.65. The number of likely N-dealkylation sites (tertiary alicyclic amines) is 1. The molecule has 3 atom stereocenters. The normalized spacial score (nSPS) is 22.1. The van der Waals surface area contributed by atoms with Crippen LogP contribution in [0.25, 0.3) is 33.3 Å². The Morgan fingerprint density at radius 2 is 2.00 bits per heavy atom. The van der Waals surface area contributed by atoms with Gasteiger partial charge in [0, 0.05) is 55.0 Å². The maximum absolute atomic E-state index is 11.4. The summed E-state index contributed by atoms with van der Waals surface area (Å²) in [7, 11) is 2.00. The SMILES string of the molecule is C[C@@H]1C[C@H](N(C)c2ccc(-c3ccc(-c4cnn(C5CCCCO5)c4)c4cn[nH]c34)nn2)CCN1C(=O)O. The number of ether oxygens (including phenoxy) is 1. The molecule has 2 saturated heterocycles. The number of hydrogen-bond acceptors (Lipinski definition) is 7. The van der Waals surface area contributed by atoms with E-state index in [4.69, 9.17) is 4.74 Å². The first-order valence-electron chi connectivity index (χ1n) is 13.2. The second-order valence-corrected chi connectivity index (χ2v) is 10.2. The number of aromatic nitrogens is 6. The molecule has 198 valence electrons. The number of piperidine rings is 1. The summed E-state index contributed by atoms with van der Waals surface area (Å²) in [6, 6.07) is 8.24. The molecule has 0 bridgehead atoms. The summed E-state index contributed by atoms with van der Waals surface area (Å²) in [6.45, 7) is 3.25. The fourth-order valence-corrected chi connectivity index (χ4v) is 5.69. The number of amides is 1. The van der Waals surface area contributed by atoms with Crippen LogP contribution in [0.3, 0.4) is 0 Å². The van der Waals surface area contributed by atoms with Gasteiger partial charge in [0.1, 0.15) is 6.23 Å². The Hall–Kier alpha value is -3.99. The lowest BCUT2D eigenvalue weighted by Gasteiger charge is -2.40. The molecule has 2 N–H and O–H groups in total. The van der Waals surface area contributed by atoms with E-state index in [0.29, 0.717) is 6.54 Å². The summed E-state index contributed by atoms with van der Waals surface area (Å²) in [5, 5.41) is 31.5. The van der Waals surface area contributed by atoms with Gasteiger partial charge in [-0.3, -0.25) is 5.10 Å². The van der Waals surface area contributed by atoms with Crippen molar-refractivity contribution in [1.82, 2.24) is 35.1 Å². The van der Waals surface area contributed by atoms with Crippen LogP contribution in [0, 0.1) is 0 Å². The van der Waals surface area contributed by atoms with Crippen LogP contribution in [0.15, 0.2) is 42.9 Å². The highest BCUT2D eigenvalue weighted by molar-refractivity contribution is 6.01. The third-order valence-corrected chi connectivity index (χ3v) is 7.91. The van der Waals surface area contributed by atoms with Crippen molar-refractivity contribution in [2.75, 3.05) is 25.1 Å². The Bertz CT molecular complexity index is 1430. The summed E-state index contributed by atoms with van der Waals surface area (Å²) < 4.78 is 7.80. The fourth-order valence-electron chi connectivity index (χ4n) is 5.69. The van der Waals surface area contributed by atoms with Crippen molar-refractivity contribution >= 4 is 22.8 Å². The standard InChI is InChI=1S/C27H32N8O3/c1-17-13-19(10-11-34(17)27(36)37)33(2)24-9-8-23(30-31-24)21-7-6-20(22-15-28-32-26(21)22)18-14-29-35(16-18)25-5-3-4-12-38-25/h6-9,14-17,19,25H,3-5,10-13H2,1-2H3,(H,28,32)(H,36,37)/t17-,19-,25?/m1/s1. The molecular weight excluding hydrogens is 484 g/mol. The third kappa shape index (κ3) is 4.47. The van der Waals surface area contributed by atoms with Crippen molar-refractivity contribution in [2.24, 2.45) is 0 Å². The first-order chi connectivity index (χ1) is 18.5. The number of aromatic amines is 1. The van der Waals surface area contributed by atoms with Gasteiger partial charge >= 0.3 is 6.09 Å². The van der Waals surface area contributed by atoms with E-state index in [1.807, 2.05) is 55.4 Å². The number of carbonyl (C=O) groups is 1. The molecule has 38 heavy (non-hydrogen) atoms. The third-order valence-electron chi connectivity index (χ3n) is 7.91. The lowest BCUT2D eigenvalue weighted by Crippen LogP contribution is -2.50. The van der Waals surface area contributed by atoms with Crippen LogP contribution in [-0.2, 0) is 4.74 Å². The van der Waals surface area contributed by atoms with Crippen molar-refractivity contribution in [2.45, 2.75) is 57.3 Å². The number of benzene rings is 1. The van der Waals surface area contributed by atoms with Crippen LogP contribution >= 0.6 is 0 Å². The number of hydrogen-bond donors (Lipinski definition) is 2. The zero-order chi connectivity index (χ0) is 26.2. The molecule has 1 unspecified atom stereocenters. The Labute approximate surface area is 220 Å². The predicted octanol–water partition coefficient (Wildman–Crippen LogP) is 4.55. The van der Waals surface area contributed by atoms with E-state index >= 15 is 0 Å². The predicted molar refractivity (Wildman–Crippen MR) is 143 cm³/mol. The summed E-state index contributed by atoms with van der Waals surface area (Å²) >= 11 is 0. The van der Waals surface area contributed by atoms with Crippen molar-refractivity contribution in [1.29, 1.82) is 0 Å². The molecule has 4 aromatic rings. The van der Waals surface area contributed by atoms with Crippen molar-refractivity contribution < 1.29 is 14.6 Å². The summed E-state index contributed by atoms with van der Waals surface area (Å²) in [4.78, 5) is 15.0. The molecule has 2 aliphatic heterocycles.